The van der Waals surface area contributed by atoms with Gasteiger partial charge in [-0.1, -0.05) is 0 Å². The summed E-state index contributed by atoms with van der Waals surface area (Å²) in [5.41, 5.74) is 0. The molecule has 0 unspecified atom stereocenters. The monoisotopic (exact) mass is 228 g/mol. The van der Waals surface area contributed by atoms with Crippen molar-refractivity contribution in [3.63, 3.8) is 0 Å². The highest BCUT2D eigenvalue weighted by Crippen LogP contribution is 1.97. The lowest BCUT2D eigenvalue weighted by atomic mass is 10.3. The number of carboxylic acids is 1. The maximum Gasteiger partial charge on any atom is 0.321 e. The molecular formula is C6H13ClN2O3S. The van der Waals surface area contributed by atoms with Crippen molar-refractivity contribution < 1.29 is 14.7 Å². The molecule has 1 atom stereocenters. The predicted molar refractivity (Wildman–Crippen MR) is 54.0 cm³/mol. The first-order valence-electron chi connectivity index (χ1n) is 3.36. The van der Waals surface area contributed by atoms with Gasteiger partial charge in [-0.3, -0.25) is 9.59 Å². The van der Waals surface area contributed by atoms with Crippen molar-refractivity contribution in [2.75, 3.05) is 12.8 Å². The van der Waals surface area contributed by atoms with E-state index in [0.717, 1.165) is 11.9 Å². The van der Waals surface area contributed by atoms with Crippen LogP contribution in [0, 0.1) is 0 Å². The molecule has 0 aliphatic heterocycles. The number of carbonyl (C=O) groups is 2. The van der Waals surface area contributed by atoms with Gasteiger partial charge in [0.05, 0.1) is 0 Å². The van der Waals surface area contributed by atoms with E-state index in [-0.39, 0.29) is 18.3 Å². The minimum absolute atomic E-state index is 0. The third-order valence-electron chi connectivity index (χ3n) is 1.11. The zero-order chi connectivity index (χ0) is 9.56. The third-order valence-corrected chi connectivity index (χ3v) is 2.04. The molecule has 1 amide bonds. The van der Waals surface area contributed by atoms with Crippen LogP contribution in [0.1, 0.15) is 6.92 Å². The molecule has 0 fully saturated rings. The number of likely N-dealkylation sites (N-methyl/N-ethyl adjacent to an activating group) is 1. The van der Waals surface area contributed by atoms with E-state index >= 15 is 0 Å². The summed E-state index contributed by atoms with van der Waals surface area (Å²) < 4.78 is 2.44. The predicted octanol–water partition coefficient (Wildman–Crippen LogP) is -0.135. The Morgan fingerprint density at radius 1 is 1.54 bits per heavy atom. The van der Waals surface area contributed by atoms with E-state index < -0.39 is 12.0 Å². The van der Waals surface area contributed by atoms with Gasteiger partial charge in [-0.15, -0.1) is 12.4 Å². The number of carboxylic acid groups (broad SMARTS) is 1. The zero-order valence-electron chi connectivity index (χ0n) is 7.36. The summed E-state index contributed by atoms with van der Waals surface area (Å²) in [7, 11) is 1.56. The first kappa shape index (κ1) is 15.0. The summed E-state index contributed by atoms with van der Waals surface area (Å²) in [5, 5.41) is 11.2. The van der Waals surface area contributed by atoms with Gasteiger partial charge in [0.15, 0.2) is 0 Å². The lowest BCUT2D eigenvalue weighted by Crippen LogP contribution is -2.37. The van der Waals surface area contributed by atoms with E-state index in [1.165, 1.54) is 6.92 Å². The SMILES string of the molecule is CN[C@@H](CSNC(C)=O)C(=O)O.Cl. The second kappa shape index (κ2) is 8.15. The topological polar surface area (TPSA) is 78.4 Å². The average Bonchev–Trinajstić information content (AvgIpc) is 1.96. The first-order valence-corrected chi connectivity index (χ1v) is 4.35. The van der Waals surface area contributed by atoms with Gasteiger partial charge in [0.1, 0.15) is 6.04 Å². The van der Waals surface area contributed by atoms with E-state index in [4.69, 9.17) is 5.11 Å². The summed E-state index contributed by atoms with van der Waals surface area (Å²) in [5.74, 6) is -0.790. The Balaban J connectivity index is 0. The molecule has 78 valence electrons. The first-order chi connectivity index (χ1) is 5.57. The number of hydrogen-bond acceptors (Lipinski definition) is 4. The number of amides is 1. The van der Waals surface area contributed by atoms with Crippen molar-refractivity contribution in [1.29, 1.82) is 0 Å². The minimum atomic E-state index is -0.921. The number of carbonyl (C=O) groups excluding carboxylic acids is 1. The Morgan fingerprint density at radius 3 is 2.38 bits per heavy atom. The van der Waals surface area contributed by atoms with Crippen LogP contribution < -0.4 is 10.0 Å². The summed E-state index contributed by atoms with van der Waals surface area (Å²) in [6, 6.07) is -0.623. The fourth-order valence-corrected chi connectivity index (χ4v) is 1.27. The van der Waals surface area contributed by atoms with Gasteiger partial charge >= 0.3 is 5.97 Å². The van der Waals surface area contributed by atoms with Gasteiger partial charge in [-0.05, 0) is 19.0 Å². The maximum atomic E-state index is 10.4. The summed E-state index contributed by atoms with van der Waals surface area (Å²) >= 11 is 1.08. The fourth-order valence-electron chi connectivity index (χ4n) is 0.505. The normalized spacial score (nSPS) is 11.2. The maximum absolute atomic E-state index is 10.4. The summed E-state index contributed by atoms with van der Waals surface area (Å²) in [6.07, 6.45) is 0. The van der Waals surface area contributed by atoms with E-state index in [0.29, 0.717) is 5.75 Å². The minimum Gasteiger partial charge on any atom is -0.480 e. The van der Waals surface area contributed by atoms with Gasteiger partial charge in [-0.2, -0.15) is 0 Å². The molecule has 0 aliphatic rings. The molecule has 0 heterocycles. The Labute approximate surface area is 87.2 Å². The molecule has 0 aromatic rings. The zero-order valence-corrected chi connectivity index (χ0v) is 9.00. The molecule has 0 aromatic heterocycles. The molecule has 0 bridgehead atoms. The van der Waals surface area contributed by atoms with Gasteiger partial charge in [0.25, 0.3) is 0 Å². The standard InChI is InChI=1S/C6H12N2O3S.ClH/c1-4(9)8-12-3-5(7-2)6(10)11;/h5,7H,3H2,1-2H3,(H,8,9)(H,10,11);1H/t5-;/m0./s1. The Bertz CT molecular complexity index is 179. The van der Waals surface area contributed by atoms with Crippen LogP contribution in [0.2, 0.25) is 0 Å². The molecule has 0 radical (unpaired) electrons. The average molecular weight is 229 g/mol. The van der Waals surface area contributed by atoms with Crippen LogP contribution in [0.3, 0.4) is 0 Å². The van der Waals surface area contributed by atoms with Gasteiger partial charge in [0, 0.05) is 12.7 Å². The molecule has 5 nitrogen and oxygen atoms in total. The van der Waals surface area contributed by atoms with Crippen molar-refractivity contribution >= 4 is 36.2 Å². The highest BCUT2D eigenvalue weighted by Gasteiger charge is 2.14. The van der Waals surface area contributed by atoms with E-state index in [2.05, 4.69) is 10.0 Å². The lowest BCUT2D eigenvalue weighted by Gasteiger charge is -2.09. The highest BCUT2D eigenvalue weighted by atomic mass is 35.5. The van der Waals surface area contributed by atoms with Crippen LogP contribution in [-0.4, -0.2) is 35.8 Å². The van der Waals surface area contributed by atoms with Crippen LogP contribution in [-0.2, 0) is 9.59 Å². The summed E-state index contributed by atoms with van der Waals surface area (Å²) in [6.45, 7) is 1.38. The molecule has 0 aliphatic carbocycles. The summed E-state index contributed by atoms with van der Waals surface area (Å²) in [4.78, 5) is 20.8. The lowest BCUT2D eigenvalue weighted by molar-refractivity contribution is -0.138. The molecule has 13 heavy (non-hydrogen) atoms. The molecule has 0 rings (SSSR count). The van der Waals surface area contributed by atoms with E-state index in [1.54, 1.807) is 7.05 Å². The molecule has 0 saturated carbocycles. The molecule has 7 heteroatoms. The van der Waals surface area contributed by atoms with Crippen LogP contribution in [0.25, 0.3) is 0 Å². The smallest absolute Gasteiger partial charge is 0.321 e. The van der Waals surface area contributed by atoms with Crippen LogP contribution >= 0.6 is 24.4 Å². The Morgan fingerprint density at radius 2 is 2.08 bits per heavy atom. The van der Waals surface area contributed by atoms with Crippen molar-refractivity contribution in [2.24, 2.45) is 0 Å². The second-order valence-electron chi connectivity index (χ2n) is 2.15. The fraction of sp³-hybridized carbons (Fsp3) is 0.667. The molecule has 0 spiro atoms. The quantitative estimate of drug-likeness (QED) is 0.572. The van der Waals surface area contributed by atoms with Crippen molar-refractivity contribution in [1.82, 2.24) is 10.0 Å². The highest BCUT2D eigenvalue weighted by molar-refractivity contribution is 7.98. The number of hydrogen-bond donors (Lipinski definition) is 3. The van der Waals surface area contributed by atoms with Gasteiger partial charge in [0.2, 0.25) is 5.91 Å². The molecule has 3 N–H and O–H groups in total. The molecule has 0 saturated heterocycles. The van der Waals surface area contributed by atoms with Crippen molar-refractivity contribution in [2.45, 2.75) is 13.0 Å². The Hall–Kier alpha value is -0.460. The second-order valence-corrected chi connectivity index (χ2v) is 2.97. The van der Waals surface area contributed by atoms with E-state index in [9.17, 15) is 9.59 Å². The van der Waals surface area contributed by atoms with Crippen LogP contribution in [0.15, 0.2) is 0 Å². The number of halogens is 1. The van der Waals surface area contributed by atoms with Gasteiger partial charge in [-0.25, -0.2) is 0 Å². The number of nitrogens with one attached hydrogen (secondary N) is 2. The van der Waals surface area contributed by atoms with Crippen LogP contribution in [0.4, 0.5) is 0 Å². The number of aliphatic carboxylic acids is 1. The van der Waals surface area contributed by atoms with E-state index in [1.807, 2.05) is 0 Å². The van der Waals surface area contributed by atoms with Crippen LogP contribution in [0.5, 0.6) is 0 Å². The third kappa shape index (κ3) is 7.89. The van der Waals surface area contributed by atoms with Crippen molar-refractivity contribution in [3.05, 3.63) is 0 Å². The molecule has 0 aromatic carbocycles. The van der Waals surface area contributed by atoms with Crippen molar-refractivity contribution in [3.8, 4) is 0 Å². The largest absolute Gasteiger partial charge is 0.480 e. The molecular weight excluding hydrogens is 216 g/mol. The van der Waals surface area contributed by atoms with Gasteiger partial charge < -0.3 is 15.1 Å². The number of rotatable bonds is 5. The Kier molecular flexibility index (Phi) is 9.43.